The standard InChI is InChI=1S/C14H16N2O2S/c1-2-18-12-6-4-3-5-11(12)7-8-13(17)16-14-15-9-10-19-14/h3-6,9-10H,2,7-8H2,1H3,(H,15,16,17). The Kier molecular flexibility index (Phi) is 4.92. The van der Waals surface area contributed by atoms with E-state index in [4.69, 9.17) is 4.74 Å². The zero-order chi connectivity index (χ0) is 13.5. The van der Waals surface area contributed by atoms with E-state index < -0.39 is 0 Å². The second-order valence-electron chi connectivity index (χ2n) is 3.93. The predicted molar refractivity (Wildman–Crippen MR) is 76.7 cm³/mol. The number of ether oxygens (including phenoxy) is 1. The number of benzene rings is 1. The van der Waals surface area contributed by atoms with Crippen molar-refractivity contribution >= 4 is 22.4 Å². The summed E-state index contributed by atoms with van der Waals surface area (Å²) < 4.78 is 5.53. The van der Waals surface area contributed by atoms with Gasteiger partial charge >= 0.3 is 0 Å². The summed E-state index contributed by atoms with van der Waals surface area (Å²) in [4.78, 5) is 15.8. The van der Waals surface area contributed by atoms with Gasteiger partial charge in [-0.05, 0) is 25.0 Å². The molecule has 0 saturated heterocycles. The highest BCUT2D eigenvalue weighted by molar-refractivity contribution is 7.13. The van der Waals surface area contributed by atoms with Crippen LogP contribution in [0.1, 0.15) is 18.9 Å². The van der Waals surface area contributed by atoms with Crippen molar-refractivity contribution in [3.05, 3.63) is 41.4 Å². The molecule has 100 valence electrons. The van der Waals surface area contributed by atoms with Gasteiger partial charge < -0.3 is 10.1 Å². The first-order valence-corrected chi connectivity index (χ1v) is 7.07. The van der Waals surface area contributed by atoms with Gasteiger partial charge in [-0.3, -0.25) is 4.79 Å². The van der Waals surface area contributed by atoms with E-state index in [0.29, 0.717) is 24.6 Å². The summed E-state index contributed by atoms with van der Waals surface area (Å²) in [5, 5.41) is 5.25. The van der Waals surface area contributed by atoms with Crippen LogP contribution in [0.2, 0.25) is 0 Å². The minimum atomic E-state index is -0.0266. The fraction of sp³-hybridized carbons (Fsp3) is 0.286. The molecule has 0 saturated carbocycles. The quantitative estimate of drug-likeness (QED) is 0.882. The lowest BCUT2D eigenvalue weighted by Gasteiger charge is -2.09. The van der Waals surface area contributed by atoms with E-state index in [2.05, 4.69) is 10.3 Å². The van der Waals surface area contributed by atoms with Crippen molar-refractivity contribution in [2.24, 2.45) is 0 Å². The summed E-state index contributed by atoms with van der Waals surface area (Å²) in [5.74, 6) is 0.827. The molecule has 0 aliphatic rings. The van der Waals surface area contributed by atoms with Gasteiger partial charge in [-0.1, -0.05) is 18.2 Å². The molecule has 1 aromatic heterocycles. The second kappa shape index (κ2) is 6.89. The van der Waals surface area contributed by atoms with Gasteiger partial charge in [0, 0.05) is 18.0 Å². The van der Waals surface area contributed by atoms with Crippen molar-refractivity contribution < 1.29 is 9.53 Å². The number of carbonyl (C=O) groups excluding carboxylic acids is 1. The lowest BCUT2D eigenvalue weighted by Crippen LogP contribution is -2.12. The third kappa shape index (κ3) is 4.06. The van der Waals surface area contributed by atoms with Gasteiger partial charge in [0.2, 0.25) is 5.91 Å². The first-order valence-electron chi connectivity index (χ1n) is 6.19. The maximum Gasteiger partial charge on any atom is 0.226 e. The first-order chi connectivity index (χ1) is 9.29. The molecule has 0 unspecified atom stereocenters. The van der Waals surface area contributed by atoms with Gasteiger partial charge in [0.05, 0.1) is 6.61 Å². The molecule has 2 aromatic rings. The Balaban J connectivity index is 1.89. The number of aromatic nitrogens is 1. The van der Waals surface area contributed by atoms with Crippen molar-refractivity contribution in [1.82, 2.24) is 4.98 Å². The number of hydrogen-bond acceptors (Lipinski definition) is 4. The maximum absolute atomic E-state index is 11.8. The molecule has 2 rings (SSSR count). The summed E-state index contributed by atoms with van der Waals surface area (Å²) in [6.45, 7) is 2.58. The highest BCUT2D eigenvalue weighted by atomic mass is 32.1. The topological polar surface area (TPSA) is 51.2 Å². The van der Waals surface area contributed by atoms with Crippen LogP contribution in [0, 0.1) is 0 Å². The number of rotatable bonds is 6. The number of amides is 1. The Labute approximate surface area is 116 Å². The fourth-order valence-electron chi connectivity index (χ4n) is 1.72. The highest BCUT2D eigenvalue weighted by Gasteiger charge is 2.07. The molecule has 4 nitrogen and oxygen atoms in total. The monoisotopic (exact) mass is 276 g/mol. The number of aryl methyl sites for hydroxylation is 1. The van der Waals surface area contributed by atoms with E-state index in [-0.39, 0.29) is 5.91 Å². The molecule has 1 N–H and O–H groups in total. The van der Waals surface area contributed by atoms with Gasteiger partial charge in [-0.2, -0.15) is 0 Å². The van der Waals surface area contributed by atoms with Crippen molar-refractivity contribution in [1.29, 1.82) is 0 Å². The number of para-hydroxylation sites is 1. The van der Waals surface area contributed by atoms with Crippen LogP contribution in [0.4, 0.5) is 5.13 Å². The molecule has 0 spiro atoms. The molecule has 0 bridgehead atoms. The largest absolute Gasteiger partial charge is 0.494 e. The van der Waals surface area contributed by atoms with Crippen molar-refractivity contribution in [3.8, 4) is 5.75 Å². The second-order valence-corrected chi connectivity index (χ2v) is 4.82. The van der Waals surface area contributed by atoms with Crippen LogP contribution in [0.15, 0.2) is 35.8 Å². The minimum Gasteiger partial charge on any atom is -0.494 e. The van der Waals surface area contributed by atoms with Gasteiger partial charge in [0.15, 0.2) is 5.13 Å². The zero-order valence-electron chi connectivity index (χ0n) is 10.8. The Hall–Kier alpha value is -1.88. The molecule has 0 aliphatic heterocycles. The van der Waals surface area contributed by atoms with Gasteiger partial charge in [0.1, 0.15) is 5.75 Å². The number of nitrogens with one attached hydrogen (secondary N) is 1. The van der Waals surface area contributed by atoms with Gasteiger partial charge in [-0.25, -0.2) is 4.98 Å². The molecular weight excluding hydrogens is 260 g/mol. The van der Waals surface area contributed by atoms with E-state index in [1.807, 2.05) is 36.6 Å². The SMILES string of the molecule is CCOc1ccccc1CCC(=O)Nc1nccs1. The Morgan fingerprint density at radius 1 is 1.42 bits per heavy atom. The molecule has 5 heteroatoms. The normalized spacial score (nSPS) is 10.2. The van der Waals surface area contributed by atoms with Gasteiger partial charge in [-0.15, -0.1) is 11.3 Å². The molecule has 0 fully saturated rings. The summed E-state index contributed by atoms with van der Waals surface area (Å²) in [6.07, 6.45) is 2.75. The molecule has 1 heterocycles. The average Bonchev–Trinajstić information content (AvgIpc) is 2.91. The van der Waals surface area contributed by atoms with Gasteiger partial charge in [0.25, 0.3) is 0 Å². The minimum absolute atomic E-state index is 0.0266. The van der Waals surface area contributed by atoms with Crippen molar-refractivity contribution in [2.45, 2.75) is 19.8 Å². The van der Waals surface area contributed by atoms with Crippen molar-refractivity contribution in [3.63, 3.8) is 0 Å². The highest BCUT2D eigenvalue weighted by Crippen LogP contribution is 2.20. The van der Waals surface area contributed by atoms with Crippen LogP contribution in [-0.4, -0.2) is 17.5 Å². The van der Waals surface area contributed by atoms with E-state index >= 15 is 0 Å². The zero-order valence-corrected chi connectivity index (χ0v) is 11.6. The smallest absolute Gasteiger partial charge is 0.226 e. The molecular formula is C14H16N2O2S. The maximum atomic E-state index is 11.8. The number of anilines is 1. The number of nitrogens with zero attached hydrogens (tertiary/aromatic N) is 1. The van der Waals surface area contributed by atoms with Crippen LogP contribution in [-0.2, 0) is 11.2 Å². The average molecular weight is 276 g/mol. The third-order valence-electron chi connectivity index (χ3n) is 2.57. The first kappa shape index (κ1) is 13.5. The molecule has 19 heavy (non-hydrogen) atoms. The molecule has 1 amide bonds. The number of hydrogen-bond donors (Lipinski definition) is 1. The Morgan fingerprint density at radius 3 is 3.00 bits per heavy atom. The molecule has 0 atom stereocenters. The Bertz CT molecular complexity index is 526. The number of carbonyl (C=O) groups is 1. The Morgan fingerprint density at radius 2 is 2.26 bits per heavy atom. The van der Waals surface area contributed by atoms with Crippen LogP contribution < -0.4 is 10.1 Å². The molecule has 0 radical (unpaired) electrons. The van der Waals surface area contributed by atoms with E-state index in [9.17, 15) is 4.79 Å². The van der Waals surface area contributed by atoms with E-state index in [1.165, 1.54) is 11.3 Å². The lowest BCUT2D eigenvalue weighted by molar-refractivity contribution is -0.116. The van der Waals surface area contributed by atoms with Crippen LogP contribution in [0.5, 0.6) is 5.75 Å². The summed E-state index contributed by atoms with van der Waals surface area (Å²) in [6, 6.07) is 7.81. The summed E-state index contributed by atoms with van der Waals surface area (Å²) >= 11 is 1.42. The summed E-state index contributed by atoms with van der Waals surface area (Å²) in [7, 11) is 0. The van der Waals surface area contributed by atoms with E-state index in [1.54, 1.807) is 6.20 Å². The van der Waals surface area contributed by atoms with Crippen molar-refractivity contribution in [2.75, 3.05) is 11.9 Å². The molecule has 1 aromatic carbocycles. The summed E-state index contributed by atoms with van der Waals surface area (Å²) in [5.41, 5.74) is 1.05. The molecule has 0 aliphatic carbocycles. The number of thiazole rings is 1. The van der Waals surface area contributed by atoms with E-state index in [0.717, 1.165) is 11.3 Å². The third-order valence-corrected chi connectivity index (χ3v) is 3.26. The lowest BCUT2D eigenvalue weighted by atomic mass is 10.1. The van der Waals surface area contributed by atoms with Crippen LogP contribution in [0.25, 0.3) is 0 Å². The van der Waals surface area contributed by atoms with Crippen LogP contribution in [0.3, 0.4) is 0 Å². The van der Waals surface area contributed by atoms with Crippen LogP contribution >= 0.6 is 11.3 Å². The fourth-order valence-corrected chi connectivity index (χ4v) is 2.27. The predicted octanol–water partition coefficient (Wildman–Crippen LogP) is 3.11.